The van der Waals surface area contributed by atoms with E-state index in [0.29, 0.717) is 6.42 Å². The second kappa shape index (κ2) is 6.09. The van der Waals surface area contributed by atoms with Crippen LogP contribution in [0.2, 0.25) is 0 Å². The number of amides is 1. The number of aryl methyl sites for hydroxylation is 2. The molecule has 4 heteroatoms. The average molecular weight is 233 g/mol. The third kappa shape index (κ3) is 3.95. The monoisotopic (exact) mass is 233 g/mol. The molecule has 0 bridgehead atoms. The third-order valence-corrected chi connectivity index (χ3v) is 2.62. The van der Waals surface area contributed by atoms with Crippen molar-refractivity contribution in [3.05, 3.63) is 17.5 Å². The summed E-state index contributed by atoms with van der Waals surface area (Å²) in [5, 5.41) is 7.16. The minimum Gasteiger partial charge on any atom is -0.351 e. The number of aromatic nitrogens is 2. The molecule has 17 heavy (non-hydrogen) atoms. The van der Waals surface area contributed by atoms with Gasteiger partial charge in [-0.15, -0.1) is 12.3 Å². The number of rotatable bonds is 5. The minimum atomic E-state index is -0.0432. The highest BCUT2D eigenvalue weighted by Gasteiger charge is 2.11. The van der Waals surface area contributed by atoms with E-state index in [0.717, 1.165) is 17.8 Å². The lowest BCUT2D eigenvalue weighted by Crippen LogP contribution is -2.36. The fourth-order valence-corrected chi connectivity index (χ4v) is 1.68. The number of carbonyl (C=O) groups excluding carboxylic acids is 1. The van der Waals surface area contributed by atoms with E-state index in [9.17, 15) is 4.79 Å². The lowest BCUT2D eigenvalue weighted by Gasteiger charge is -2.14. The molecule has 1 aromatic heterocycles. The summed E-state index contributed by atoms with van der Waals surface area (Å²) >= 11 is 0. The molecule has 1 aromatic rings. The van der Waals surface area contributed by atoms with Crippen LogP contribution >= 0.6 is 0 Å². The number of hydrogen-bond donors (Lipinski definition) is 1. The minimum absolute atomic E-state index is 0.0432. The molecule has 0 aliphatic carbocycles. The average Bonchev–Trinajstić information content (AvgIpc) is 2.56. The number of nitrogens with zero attached hydrogens (tertiary/aromatic N) is 2. The highest BCUT2D eigenvalue weighted by Crippen LogP contribution is 2.02. The van der Waals surface area contributed by atoms with Gasteiger partial charge in [0.2, 0.25) is 5.91 Å². The molecule has 4 nitrogen and oxygen atoms in total. The topological polar surface area (TPSA) is 46.9 Å². The van der Waals surface area contributed by atoms with Crippen molar-refractivity contribution < 1.29 is 4.79 Å². The zero-order chi connectivity index (χ0) is 12.8. The summed E-state index contributed by atoms with van der Waals surface area (Å²) in [5.74, 6) is 2.52. The van der Waals surface area contributed by atoms with Crippen molar-refractivity contribution in [1.29, 1.82) is 0 Å². The molecule has 0 saturated carbocycles. The predicted octanol–water partition coefficient (Wildman–Crippen LogP) is 1.42. The molecular weight excluding hydrogens is 214 g/mol. The molecule has 1 rings (SSSR count). The van der Waals surface area contributed by atoms with Crippen molar-refractivity contribution in [2.75, 3.05) is 0 Å². The first kappa shape index (κ1) is 13.3. The number of carbonyl (C=O) groups is 1. The Kier molecular flexibility index (Phi) is 4.77. The van der Waals surface area contributed by atoms with Crippen LogP contribution in [0.3, 0.4) is 0 Å². The molecule has 0 saturated heterocycles. The highest BCUT2D eigenvalue weighted by atomic mass is 16.2. The molecule has 1 heterocycles. The van der Waals surface area contributed by atoms with Crippen LogP contribution in [0.1, 0.15) is 31.2 Å². The van der Waals surface area contributed by atoms with Crippen molar-refractivity contribution in [1.82, 2.24) is 15.1 Å². The van der Waals surface area contributed by atoms with Gasteiger partial charge in [0.25, 0.3) is 0 Å². The van der Waals surface area contributed by atoms with Gasteiger partial charge in [0.15, 0.2) is 0 Å². The van der Waals surface area contributed by atoms with E-state index in [1.807, 2.05) is 26.8 Å². The zero-order valence-corrected chi connectivity index (χ0v) is 10.7. The van der Waals surface area contributed by atoms with Gasteiger partial charge in [-0.05, 0) is 26.3 Å². The normalized spacial score (nSPS) is 11.9. The Hall–Kier alpha value is -1.76. The van der Waals surface area contributed by atoms with Crippen molar-refractivity contribution in [3.63, 3.8) is 0 Å². The van der Waals surface area contributed by atoms with Gasteiger partial charge in [0.1, 0.15) is 6.54 Å². The van der Waals surface area contributed by atoms with Crippen LogP contribution in [0.5, 0.6) is 0 Å². The van der Waals surface area contributed by atoms with Gasteiger partial charge in [-0.25, -0.2) is 0 Å². The maximum atomic E-state index is 11.8. The van der Waals surface area contributed by atoms with E-state index in [4.69, 9.17) is 6.42 Å². The lowest BCUT2D eigenvalue weighted by molar-refractivity contribution is -0.122. The van der Waals surface area contributed by atoms with Gasteiger partial charge in [0.05, 0.1) is 5.69 Å². The summed E-state index contributed by atoms with van der Waals surface area (Å²) in [6.07, 6.45) is 6.65. The van der Waals surface area contributed by atoms with Gasteiger partial charge in [-0.3, -0.25) is 9.48 Å². The Balaban J connectivity index is 2.55. The van der Waals surface area contributed by atoms with E-state index in [1.165, 1.54) is 0 Å². The van der Waals surface area contributed by atoms with Crippen LogP contribution in [-0.4, -0.2) is 21.7 Å². The van der Waals surface area contributed by atoms with Gasteiger partial charge >= 0.3 is 0 Å². The first-order valence-corrected chi connectivity index (χ1v) is 5.80. The molecule has 1 N–H and O–H groups in total. The Morgan fingerprint density at radius 3 is 2.82 bits per heavy atom. The van der Waals surface area contributed by atoms with Crippen molar-refractivity contribution in [2.45, 2.75) is 46.2 Å². The number of hydrogen-bond acceptors (Lipinski definition) is 2. The maximum absolute atomic E-state index is 11.8. The fourth-order valence-electron chi connectivity index (χ4n) is 1.68. The summed E-state index contributed by atoms with van der Waals surface area (Å²) in [6.45, 7) is 6.10. The fraction of sp³-hybridized carbons (Fsp3) is 0.538. The van der Waals surface area contributed by atoms with E-state index in [1.54, 1.807) is 4.68 Å². The van der Waals surface area contributed by atoms with E-state index >= 15 is 0 Å². The van der Waals surface area contributed by atoms with Gasteiger partial charge < -0.3 is 5.32 Å². The van der Waals surface area contributed by atoms with Gasteiger partial charge in [-0.1, -0.05) is 6.92 Å². The van der Waals surface area contributed by atoms with E-state index in [-0.39, 0.29) is 18.5 Å². The first-order valence-electron chi connectivity index (χ1n) is 5.80. The first-order chi connectivity index (χ1) is 8.06. The standard InChI is InChI=1S/C13H19N3O/c1-5-7-12(6-2)14-13(17)9-16-11(4)8-10(3)15-16/h1,8,12H,6-7,9H2,2-4H3,(H,14,17). The Morgan fingerprint density at radius 2 is 2.35 bits per heavy atom. The van der Waals surface area contributed by atoms with E-state index < -0.39 is 0 Å². The molecule has 0 fully saturated rings. The largest absolute Gasteiger partial charge is 0.351 e. The zero-order valence-electron chi connectivity index (χ0n) is 10.7. The second-order valence-corrected chi connectivity index (χ2v) is 4.17. The summed E-state index contributed by atoms with van der Waals surface area (Å²) in [4.78, 5) is 11.8. The maximum Gasteiger partial charge on any atom is 0.241 e. The van der Waals surface area contributed by atoms with Crippen molar-refractivity contribution in [2.24, 2.45) is 0 Å². The smallest absolute Gasteiger partial charge is 0.241 e. The molecule has 1 unspecified atom stereocenters. The van der Waals surface area contributed by atoms with Crippen molar-refractivity contribution >= 4 is 5.91 Å². The lowest BCUT2D eigenvalue weighted by atomic mass is 10.1. The Bertz CT molecular complexity index is 428. The molecule has 0 aliphatic heterocycles. The summed E-state index contributed by atoms with van der Waals surface area (Å²) in [7, 11) is 0. The molecular formula is C13H19N3O. The quantitative estimate of drug-likeness (QED) is 0.782. The molecule has 1 amide bonds. The summed E-state index contributed by atoms with van der Waals surface area (Å²) in [5.41, 5.74) is 1.91. The molecule has 0 aromatic carbocycles. The van der Waals surface area contributed by atoms with Gasteiger partial charge in [-0.2, -0.15) is 5.10 Å². The third-order valence-electron chi connectivity index (χ3n) is 2.62. The van der Waals surface area contributed by atoms with Crippen LogP contribution < -0.4 is 5.32 Å². The number of nitrogens with one attached hydrogen (secondary N) is 1. The molecule has 1 atom stereocenters. The summed E-state index contributed by atoms with van der Waals surface area (Å²) < 4.78 is 1.70. The molecule has 0 radical (unpaired) electrons. The van der Waals surface area contributed by atoms with Crippen LogP contribution in [0.15, 0.2) is 6.07 Å². The number of terminal acetylenes is 1. The molecule has 92 valence electrons. The predicted molar refractivity (Wildman–Crippen MR) is 67.4 cm³/mol. The van der Waals surface area contributed by atoms with Crippen molar-refractivity contribution in [3.8, 4) is 12.3 Å². The van der Waals surface area contributed by atoms with Crippen LogP contribution in [0, 0.1) is 26.2 Å². The van der Waals surface area contributed by atoms with Gasteiger partial charge in [0, 0.05) is 18.2 Å². The van der Waals surface area contributed by atoms with Crippen LogP contribution in [-0.2, 0) is 11.3 Å². The highest BCUT2D eigenvalue weighted by molar-refractivity contribution is 5.76. The second-order valence-electron chi connectivity index (χ2n) is 4.17. The summed E-state index contributed by atoms with van der Waals surface area (Å²) in [6, 6.07) is 2.01. The van der Waals surface area contributed by atoms with Crippen LogP contribution in [0.25, 0.3) is 0 Å². The van der Waals surface area contributed by atoms with E-state index in [2.05, 4.69) is 16.3 Å². The Morgan fingerprint density at radius 1 is 1.65 bits per heavy atom. The SMILES string of the molecule is C#CCC(CC)NC(=O)Cn1nc(C)cc1C. The van der Waals surface area contributed by atoms with Crippen LogP contribution in [0.4, 0.5) is 0 Å². The molecule has 0 aliphatic rings. The molecule has 0 spiro atoms. The Labute approximate surface area is 102 Å².